The van der Waals surface area contributed by atoms with Crippen molar-refractivity contribution < 1.29 is 23.8 Å². The Morgan fingerprint density at radius 2 is 1.56 bits per heavy atom. The lowest BCUT2D eigenvalue weighted by molar-refractivity contribution is 0.0996. The third-order valence-corrected chi connectivity index (χ3v) is 5.80. The summed E-state index contributed by atoms with van der Waals surface area (Å²) >= 11 is 5.45. The molecule has 1 aromatic heterocycles. The quantitative estimate of drug-likeness (QED) is 0.327. The highest BCUT2D eigenvalue weighted by atomic mass is 32.1. The molecule has 0 spiro atoms. The van der Waals surface area contributed by atoms with Crippen LogP contribution in [0.3, 0.4) is 0 Å². The summed E-state index contributed by atoms with van der Waals surface area (Å²) in [5.74, 6) is 0.182. The number of methoxy groups -OCH3 is 3. The molecule has 0 unspecified atom stereocenters. The first kappa shape index (κ1) is 24.5. The van der Waals surface area contributed by atoms with E-state index in [1.165, 1.54) is 62.3 Å². The van der Waals surface area contributed by atoms with E-state index in [9.17, 15) is 14.4 Å². The number of primary amides is 1. The first-order valence-electron chi connectivity index (χ1n) is 10.6. The molecule has 4 rings (SSSR count). The Balaban J connectivity index is 1.73. The van der Waals surface area contributed by atoms with Gasteiger partial charge in [-0.15, -0.1) is 0 Å². The fraction of sp³-hybridized carbons (Fsp3) is 0.120. The Kier molecular flexibility index (Phi) is 6.75. The number of nitrogens with two attached hydrogens (primary N) is 1. The van der Waals surface area contributed by atoms with Gasteiger partial charge in [0.1, 0.15) is 5.75 Å². The molecule has 0 fully saturated rings. The van der Waals surface area contributed by atoms with Crippen molar-refractivity contribution in [3.05, 3.63) is 80.8 Å². The molecule has 0 aliphatic carbocycles. The number of carbonyl (C=O) groups excluding carboxylic acids is 2. The Morgan fingerprint density at radius 1 is 0.889 bits per heavy atom. The van der Waals surface area contributed by atoms with Crippen LogP contribution in [0.2, 0.25) is 0 Å². The molecule has 0 saturated carbocycles. The van der Waals surface area contributed by atoms with Crippen LogP contribution in [0.5, 0.6) is 17.2 Å². The standard InChI is InChI=1S/C25H22N4O6S/c1-33-19-8-5-13(22(26)30)10-18(19)27-23(31)14-4-7-16-17(11-14)28-25(36)29(24(16)32)15-6-9-20(34-2)21(12-15)35-3/h4-12H,1-3H3,(H2,26,30)(H,27,31)(H,28,36). The zero-order valence-corrected chi connectivity index (χ0v) is 20.4. The third-order valence-electron chi connectivity index (χ3n) is 5.52. The van der Waals surface area contributed by atoms with E-state index >= 15 is 0 Å². The van der Waals surface area contributed by atoms with Gasteiger partial charge >= 0.3 is 0 Å². The van der Waals surface area contributed by atoms with Crippen LogP contribution in [0, 0.1) is 4.77 Å². The van der Waals surface area contributed by atoms with Gasteiger partial charge in [-0.1, -0.05) is 0 Å². The maximum atomic E-state index is 13.3. The second kappa shape index (κ2) is 9.92. The Morgan fingerprint density at radius 3 is 2.22 bits per heavy atom. The summed E-state index contributed by atoms with van der Waals surface area (Å²) in [6, 6.07) is 14.0. The van der Waals surface area contributed by atoms with Crippen molar-refractivity contribution in [1.82, 2.24) is 9.55 Å². The summed E-state index contributed by atoms with van der Waals surface area (Å²) in [4.78, 5) is 40.8. The van der Waals surface area contributed by atoms with E-state index in [-0.39, 0.29) is 27.1 Å². The van der Waals surface area contributed by atoms with Crippen LogP contribution in [0.15, 0.2) is 59.4 Å². The molecule has 0 radical (unpaired) electrons. The molecular weight excluding hydrogens is 484 g/mol. The minimum absolute atomic E-state index is 0.133. The van der Waals surface area contributed by atoms with Crippen molar-refractivity contribution in [2.75, 3.05) is 26.6 Å². The molecule has 0 saturated heterocycles. The number of H-pyrrole nitrogens is 1. The van der Waals surface area contributed by atoms with E-state index in [0.29, 0.717) is 33.8 Å². The second-order valence-electron chi connectivity index (χ2n) is 7.60. The van der Waals surface area contributed by atoms with Gasteiger partial charge < -0.3 is 30.2 Å². The molecule has 10 nitrogen and oxygen atoms in total. The van der Waals surface area contributed by atoms with E-state index < -0.39 is 11.8 Å². The molecule has 2 amide bonds. The minimum Gasteiger partial charge on any atom is -0.495 e. The number of nitrogens with one attached hydrogen (secondary N) is 2. The first-order valence-corrected chi connectivity index (χ1v) is 11.0. The summed E-state index contributed by atoms with van der Waals surface area (Å²) in [6.45, 7) is 0. The van der Waals surface area contributed by atoms with Crippen molar-refractivity contribution >= 4 is 40.6 Å². The van der Waals surface area contributed by atoms with Crippen molar-refractivity contribution in [3.63, 3.8) is 0 Å². The van der Waals surface area contributed by atoms with Crippen LogP contribution in [0.1, 0.15) is 20.7 Å². The van der Waals surface area contributed by atoms with E-state index in [4.69, 9.17) is 32.2 Å². The Labute approximate surface area is 210 Å². The van der Waals surface area contributed by atoms with Gasteiger partial charge in [0.2, 0.25) is 5.91 Å². The number of carbonyl (C=O) groups is 2. The lowest BCUT2D eigenvalue weighted by Crippen LogP contribution is -2.21. The molecule has 3 aromatic carbocycles. The number of amides is 2. The summed E-state index contributed by atoms with van der Waals surface area (Å²) in [7, 11) is 4.45. The van der Waals surface area contributed by atoms with Crippen LogP contribution < -0.4 is 30.8 Å². The molecule has 36 heavy (non-hydrogen) atoms. The normalized spacial score (nSPS) is 10.6. The molecule has 0 bridgehead atoms. The van der Waals surface area contributed by atoms with Gasteiger partial charge in [-0.3, -0.25) is 19.0 Å². The van der Waals surface area contributed by atoms with E-state index in [0.717, 1.165) is 0 Å². The first-order chi connectivity index (χ1) is 17.3. The number of rotatable bonds is 7. The number of aromatic nitrogens is 2. The van der Waals surface area contributed by atoms with E-state index in [1.54, 1.807) is 18.2 Å². The highest BCUT2D eigenvalue weighted by Gasteiger charge is 2.15. The van der Waals surface area contributed by atoms with Crippen molar-refractivity contribution in [2.24, 2.45) is 5.73 Å². The molecule has 184 valence electrons. The lowest BCUT2D eigenvalue weighted by atomic mass is 10.1. The Bertz CT molecular complexity index is 1630. The zero-order valence-electron chi connectivity index (χ0n) is 19.6. The maximum absolute atomic E-state index is 13.3. The van der Waals surface area contributed by atoms with Crippen LogP contribution in [-0.4, -0.2) is 42.7 Å². The average molecular weight is 507 g/mol. The average Bonchev–Trinajstić information content (AvgIpc) is 2.88. The SMILES string of the molecule is COc1ccc(C(N)=O)cc1NC(=O)c1ccc2c(=O)n(-c3ccc(OC)c(OC)c3)c(=S)[nH]c2c1. The van der Waals surface area contributed by atoms with Crippen molar-refractivity contribution in [2.45, 2.75) is 0 Å². The third kappa shape index (κ3) is 4.51. The fourth-order valence-electron chi connectivity index (χ4n) is 3.71. The molecule has 11 heteroatoms. The highest BCUT2D eigenvalue weighted by Crippen LogP contribution is 2.29. The fourth-order valence-corrected chi connectivity index (χ4v) is 4.01. The van der Waals surface area contributed by atoms with Crippen LogP contribution >= 0.6 is 12.2 Å². The van der Waals surface area contributed by atoms with Crippen LogP contribution in [-0.2, 0) is 0 Å². The molecule has 4 aromatic rings. The maximum Gasteiger partial charge on any atom is 0.266 e. The highest BCUT2D eigenvalue weighted by molar-refractivity contribution is 7.71. The largest absolute Gasteiger partial charge is 0.495 e. The summed E-state index contributed by atoms with van der Waals surface area (Å²) in [6.07, 6.45) is 0. The van der Waals surface area contributed by atoms with E-state index in [1.807, 2.05) is 0 Å². The lowest BCUT2D eigenvalue weighted by Gasteiger charge is -2.13. The number of aromatic amines is 1. The van der Waals surface area contributed by atoms with Crippen molar-refractivity contribution in [1.29, 1.82) is 0 Å². The van der Waals surface area contributed by atoms with Gasteiger partial charge in [0, 0.05) is 17.2 Å². The molecule has 0 aliphatic rings. The monoisotopic (exact) mass is 506 g/mol. The number of anilines is 1. The van der Waals surface area contributed by atoms with Crippen LogP contribution in [0.4, 0.5) is 5.69 Å². The van der Waals surface area contributed by atoms with Gasteiger partial charge in [0.15, 0.2) is 16.3 Å². The molecule has 0 aliphatic heterocycles. The predicted molar refractivity (Wildman–Crippen MR) is 137 cm³/mol. The summed E-state index contributed by atoms with van der Waals surface area (Å²) in [5.41, 5.74) is 6.58. The van der Waals surface area contributed by atoms with Gasteiger partial charge in [-0.25, -0.2) is 0 Å². The summed E-state index contributed by atoms with van der Waals surface area (Å²) < 4.78 is 17.3. The molecule has 1 heterocycles. The van der Waals surface area contributed by atoms with Gasteiger partial charge in [-0.2, -0.15) is 0 Å². The second-order valence-corrected chi connectivity index (χ2v) is 7.99. The number of hydrogen-bond donors (Lipinski definition) is 3. The zero-order chi connectivity index (χ0) is 26.0. The van der Waals surface area contributed by atoms with Gasteiger partial charge in [0.25, 0.3) is 11.5 Å². The number of hydrogen-bond acceptors (Lipinski definition) is 7. The van der Waals surface area contributed by atoms with E-state index in [2.05, 4.69) is 10.3 Å². The molecule has 4 N–H and O–H groups in total. The number of nitrogens with zero attached hydrogens (tertiary/aromatic N) is 1. The topological polar surface area (TPSA) is 138 Å². The summed E-state index contributed by atoms with van der Waals surface area (Å²) in [5, 5.41) is 3.03. The molecular formula is C25H22N4O6S. The van der Waals surface area contributed by atoms with Crippen LogP contribution in [0.25, 0.3) is 16.6 Å². The van der Waals surface area contributed by atoms with Crippen molar-refractivity contribution in [3.8, 4) is 22.9 Å². The minimum atomic E-state index is -0.641. The number of benzene rings is 3. The molecule has 0 atom stereocenters. The Hall–Kier alpha value is -4.64. The number of fused-ring (bicyclic) bond motifs is 1. The smallest absolute Gasteiger partial charge is 0.266 e. The van der Waals surface area contributed by atoms with Gasteiger partial charge in [-0.05, 0) is 60.7 Å². The number of ether oxygens (including phenoxy) is 3. The van der Waals surface area contributed by atoms with Gasteiger partial charge in [0.05, 0.1) is 43.6 Å². The predicted octanol–water partition coefficient (Wildman–Crippen LogP) is 3.43.